The van der Waals surface area contributed by atoms with Gasteiger partial charge >= 0.3 is 5.97 Å². The molecule has 1 aliphatic rings. The van der Waals surface area contributed by atoms with E-state index in [0.29, 0.717) is 12.2 Å². The van der Waals surface area contributed by atoms with Crippen LogP contribution in [0.4, 0.5) is 4.39 Å². The average Bonchev–Trinajstić information content (AvgIpc) is 2.74. The Kier molecular flexibility index (Phi) is 2.19. The van der Waals surface area contributed by atoms with E-state index in [1.165, 1.54) is 24.3 Å². The van der Waals surface area contributed by atoms with Gasteiger partial charge in [-0.2, -0.15) is 0 Å². The lowest BCUT2D eigenvalue weighted by Crippen LogP contribution is -2.34. The Labute approximate surface area is 92.9 Å². The second-order valence-electron chi connectivity index (χ2n) is 4.75. The molecule has 0 aliphatic heterocycles. The first-order chi connectivity index (χ1) is 7.37. The first-order valence-electron chi connectivity index (χ1n) is 5.05. The van der Waals surface area contributed by atoms with Gasteiger partial charge in [-0.15, -0.1) is 0 Å². The predicted molar refractivity (Wildman–Crippen MR) is 55.8 cm³/mol. The molecule has 0 spiro atoms. The van der Waals surface area contributed by atoms with Gasteiger partial charge in [-0.05, 0) is 24.3 Å². The predicted octanol–water partition coefficient (Wildman–Crippen LogP) is 2.46. The summed E-state index contributed by atoms with van der Waals surface area (Å²) in [6.07, 6.45) is 0.465. The molecule has 0 bridgehead atoms. The van der Waals surface area contributed by atoms with Crippen LogP contribution in [0, 0.1) is 11.2 Å². The van der Waals surface area contributed by atoms with Gasteiger partial charge in [0.2, 0.25) is 5.60 Å². The van der Waals surface area contributed by atoms with E-state index in [1.807, 2.05) is 13.8 Å². The maximum Gasteiger partial charge on any atom is 0.348 e. The third-order valence-corrected chi connectivity index (χ3v) is 3.11. The first-order valence-corrected chi connectivity index (χ1v) is 5.05. The van der Waals surface area contributed by atoms with Gasteiger partial charge in [-0.25, -0.2) is 9.18 Å². The molecule has 1 N–H and O–H groups in total. The number of carbonyl (C=O) groups is 1. The smallest absolute Gasteiger partial charge is 0.348 e. The minimum Gasteiger partial charge on any atom is -0.478 e. The second kappa shape index (κ2) is 3.20. The molecule has 4 heteroatoms. The van der Waals surface area contributed by atoms with Crippen LogP contribution in [-0.4, -0.2) is 16.7 Å². The lowest BCUT2D eigenvalue weighted by atomic mass is 10.1. The lowest BCUT2D eigenvalue weighted by Gasteiger charge is -2.18. The van der Waals surface area contributed by atoms with Crippen molar-refractivity contribution in [1.29, 1.82) is 0 Å². The number of benzene rings is 1. The molecule has 1 fully saturated rings. The first kappa shape index (κ1) is 10.9. The number of rotatable bonds is 3. The maximum absolute atomic E-state index is 12.7. The minimum absolute atomic E-state index is 0.369. The van der Waals surface area contributed by atoms with E-state index in [-0.39, 0.29) is 11.2 Å². The summed E-state index contributed by atoms with van der Waals surface area (Å²) >= 11 is 0. The number of halogens is 1. The molecule has 1 aliphatic carbocycles. The molecule has 0 saturated heterocycles. The van der Waals surface area contributed by atoms with E-state index >= 15 is 0 Å². The largest absolute Gasteiger partial charge is 0.478 e. The molecule has 16 heavy (non-hydrogen) atoms. The van der Waals surface area contributed by atoms with Gasteiger partial charge in [-0.3, -0.25) is 0 Å². The van der Waals surface area contributed by atoms with Crippen LogP contribution in [0.2, 0.25) is 0 Å². The summed E-state index contributed by atoms with van der Waals surface area (Å²) < 4.78 is 18.2. The van der Waals surface area contributed by atoms with Crippen molar-refractivity contribution in [3.8, 4) is 5.75 Å². The van der Waals surface area contributed by atoms with Crippen molar-refractivity contribution in [1.82, 2.24) is 0 Å². The van der Waals surface area contributed by atoms with Crippen molar-refractivity contribution in [3.05, 3.63) is 30.1 Å². The van der Waals surface area contributed by atoms with Crippen LogP contribution in [-0.2, 0) is 4.79 Å². The summed E-state index contributed by atoms with van der Waals surface area (Å²) in [6, 6.07) is 5.38. The van der Waals surface area contributed by atoms with Crippen molar-refractivity contribution >= 4 is 5.97 Å². The number of carboxylic acids is 1. The van der Waals surface area contributed by atoms with Crippen molar-refractivity contribution in [3.63, 3.8) is 0 Å². The Morgan fingerprint density at radius 2 is 1.88 bits per heavy atom. The number of hydrogen-bond donors (Lipinski definition) is 1. The van der Waals surface area contributed by atoms with Crippen molar-refractivity contribution in [2.24, 2.45) is 5.41 Å². The molecule has 86 valence electrons. The van der Waals surface area contributed by atoms with E-state index in [2.05, 4.69) is 0 Å². The fraction of sp³-hybridized carbons (Fsp3) is 0.417. The quantitative estimate of drug-likeness (QED) is 0.857. The summed E-state index contributed by atoms with van der Waals surface area (Å²) in [4.78, 5) is 11.2. The van der Waals surface area contributed by atoms with E-state index in [0.717, 1.165) is 0 Å². The highest BCUT2D eigenvalue weighted by molar-refractivity contribution is 5.83. The third kappa shape index (κ3) is 1.54. The minimum atomic E-state index is -1.16. The zero-order chi connectivity index (χ0) is 12.0. The van der Waals surface area contributed by atoms with Gasteiger partial charge in [0.05, 0.1) is 0 Å². The van der Waals surface area contributed by atoms with E-state index in [4.69, 9.17) is 9.84 Å². The van der Waals surface area contributed by atoms with Crippen LogP contribution >= 0.6 is 0 Å². The SMILES string of the molecule is CC1(C)CC1(Oc1ccc(F)cc1)C(=O)O. The molecular formula is C12H13FO3. The van der Waals surface area contributed by atoms with Gasteiger partial charge < -0.3 is 9.84 Å². The maximum atomic E-state index is 12.7. The highest BCUT2D eigenvalue weighted by Crippen LogP contribution is 2.58. The zero-order valence-electron chi connectivity index (χ0n) is 9.16. The van der Waals surface area contributed by atoms with Gasteiger partial charge in [-0.1, -0.05) is 13.8 Å². The normalized spacial score (nSPS) is 26.2. The molecule has 2 rings (SSSR count). The zero-order valence-corrected chi connectivity index (χ0v) is 9.16. The van der Waals surface area contributed by atoms with Crippen molar-refractivity contribution < 1.29 is 19.0 Å². The number of aliphatic carboxylic acids is 1. The van der Waals surface area contributed by atoms with Gasteiger partial charge in [0.25, 0.3) is 0 Å². The van der Waals surface area contributed by atoms with Crippen LogP contribution in [0.1, 0.15) is 20.3 Å². The Bertz CT molecular complexity index is 424. The lowest BCUT2D eigenvalue weighted by molar-refractivity contribution is -0.149. The Morgan fingerprint density at radius 1 is 1.38 bits per heavy atom. The summed E-state index contributed by atoms with van der Waals surface area (Å²) in [5.41, 5.74) is -1.54. The van der Waals surface area contributed by atoms with Crippen molar-refractivity contribution in [2.75, 3.05) is 0 Å². The van der Waals surface area contributed by atoms with Crippen LogP contribution < -0.4 is 4.74 Å². The van der Waals surface area contributed by atoms with Crippen LogP contribution in [0.15, 0.2) is 24.3 Å². The highest BCUT2D eigenvalue weighted by Gasteiger charge is 2.70. The Hall–Kier alpha value is -1.58. The Balaban J connectivity index is 2.21. The molecule has 0 radical (unpaired) electrons. The third-order valence-electron chi connectivity index (χ3n) is 3.11. The van der Waals surface area contributed by atoms with E-state index in [1.54, 1.807) is 0 Å². The average molecular weight is 224 g/mol. The molecule has 0 amide bonds. The molecule has 0 heterocycles. The van der Waals surface area contributed by atoms with Gasteiger partial charge in [0.15, 0.2) is 0 Å². The van der Waals surface area contributed by atoms with Gasteiger partial charge in [0.1, 0.15) is 11.6 Å². The van der Waals surface area contributed by atoms with Crippen LogP contribution in [0.5, 0.6) is 5.75 Å². The van der Waals surface area contributed by atoms with E-state index < -0.39 is 11.6 Å². The standard InChI is InChI=1S/C12H13FO3/c1-11(2)7-12(11,10(14)15)16-9-5-3-8(13)4-6-9/h3-6H,7H2,1-2H3,(H,14,15). The highest BCUT2D eigenvalue weighted by atomic mass is 19.1. The molecule has 0 aromatic heterocycles. The molecular weight excluding hydrogens is 211 g/mol. The van der Waals surface area contributed by atoms with Crippen molar-refractivity contribution in [2.45, 2.75) is 25.9 Å². The Morgan fingerprint density at radius 3 is 2.25 bits per heavy atom. The fourth-order valence-corrected chi connectivity index (χ4v) is 1.86. The fourth-order valence-electron chi connectivity index (χ4n) is 1.86. The summed E-state index contributed by atoms with van der Waals surface area (Å²) in [5, 5.41) is 9.16. The van der Waals surface area contributed by atoms with Crippen LogP contribution in [0.25, 0.3) is 0 Å². The monoisotopic (exact) mass is 224 g/mol. The summed E-state index contributed by atoms with van der Waals surface area (Å²) in [5.74, 6) is -0.956. The number of hydrogen-bond acceptors (Lipinski definition) is 2. The molecule has 1 aromatic carbocycles. The molecule has 1 atom stereocenters. The molecule has 3 nitrogen and oxygen atoms in total. The number of ether oxygens (including phenoxy) is 1. The van der Waals surface area contributed by atoms with E-state index in [9.17, 15) is 9.18 Å². The second-order valence-corrected chi connectivity index (χ2v) is 4.75. The molecule has 1 aromatic rings. The molecule has 1 unspecified atom stereocenters. The molecule has 1 saturated carbocycles. The van der Waals surface area contributed by atoms with Gasteiger partial charge in [0, 0.05) is 11.8 Å². The summed E-state index contributed by atoms with van der Waals surface area (Å²) in [6.45, 7) is 3.68. The number of carboxylic acid groups (broad SMARTS) is 1. The summed E-state index contributed by atoms with van der Waals surface area (Å²) in [7, 11) is 0. The topological polar surface area (TPSA) is 46.5 Å². The van der Waals surface area contributed by atoms with Crippen LogP contribution in [0.3, 0.4) is 0 Å².